The van der Waals surface area contributed by atoms with Crippen LogP contribution >= 0.6 is 0 Å². The van der Waals surface area contributed by atoms with Gasteiger partial charge in [0.1, 0.15) is 0 Å². The Labute approximate surface area is 114 Å². The normalized spacial score (nSPS) is 10.1. The number of aromatic amines is 1. The summed E-state index contributed by atoms with van der Waals surface area (Å²) in [5, 5.41) is 0. The number of ether oxygens (including phenoxy) is 2. The number of H-pyrrole nitrogens is 1. The largest absolute Gasteiger partial charge is 0.479 e. The molecule has 0 saturated heterocycles. The van der Waals surface area contributed by atoms with Gasteiger partial charge >= 0.3 is 5.97 Å². The molecule has 2 heterocycles. The van der Waals surface area contributed by atoms with Crippen LogP contribution in [-0.4, -0.2) is 34.6 Å². The summed E-state index contributed by atoms with van der Waals surface area (Å²) in [5.74, 6) is -0.236. The van der Waals surface area contributed by atoms with Crippen molar-refractivity contribution in [1.29, 1.82) is 0 Å². The number of nitrogens with one attached hydrogen (secondary N) is 1. The molecule has 0 saturated carbocycles. The van der Waals surface area contributed by atoms with Crippen LogP contribution in [0.4, 0.5) is 0 Å². The number of aromatic nitrogens is 3. The minimum atomic E-state index is -0.610. The van der Waals surface area contributed by atoms with Crippen molar-refractivity contribution in [2.24, 2.45) is 0 Å². The van der Waals surface area contributed by atoms with Crippen molar-refractivity contribution in [3.05, 3.63) is 40.6 Å². The van der Waals surface area contributed by atoms with E-state index in [2.05, 4.69) is 19.7 Å². The maximum atomic E-state index is 12.0. The number of hydrogen-bond donors (Lipinski definition) is 1. The van der Waals surface area contributed by atoms with Gasteiger partial charge in [0, 0.05) is 12.3 Å². The average molecular weight is 275 g/mol. The first-order valence-electron chi connectivity index (χ1n) is 5.92. The lowest BCUT2D eigenvalue weighted by Gasteiger charge is -2.05. The number of methoxy groups -OCH3 is 1. The van der Waals surface area contributed by atoms with E-state index >= 15 is 0 Å². The van der Waals surface area contributed by atoms with Crippen molar-refractivity contribution in [3.63, 3.8) is 0 Å². The number of carbonyl (C=O) groups excluding carboxylic acids is 1. The number of hydrogen-bond acceptors (Lipinski definition) is 6. The van der Waals surface area contributed by atoms with E-state index in [0.717, 1.165) is 0 Å². The first-order chi connectivity index (χ1) is 9.65. The lowest BCUT2D eigenvalue weighted by Crippen LogP contribution is -2.10. The minimum Gasteiger partial charge on any atom is -0.479 e. The average Bonchev–Trinajstić information content (AvgIpc) is 2.47. The summed E-state index contributed by atoms with van der Waals surface area (Å²) in [4.78, 5) is 34.1. The molecular weight excluding hydrogens is 262 g/mol. The van der Waals surface area contributed by atoms with E-state index in [-0.39, 0.29) is 16.8 Å². The fraction of sp³-hybridized carbons (Fsp3) is 0.231. The van der Waals surface area contributed by atoms with Crippen molar-refractivity contribution >= 4 is 5.97 Å². The van der Waals surface area contributed by atoms with Crippen LogP contribution in [0.1, 0.15) is 17.4 Å². The van der Waals surface area contributed by atoms with Crippen LogP contribution in [0.5, 0.6) is 5.88 Å². The standard InChI is InChI=1S/C13H13N3O4/c1-3-20-12-4-11(17)8(5-15-12)9-6-14-7-10(16-9)13(18)19-2/h4-7H,3H2,1-2H3,(H,15,17). The molecule has 0 fully saturated rings. The maximum absolute atomic E-state index is 12.0. The minimum absolute atomic E-state index is 0.0401. The topological polar surface area (TPSA) is 94.2 Å². The molecule has 2 aromatic rings. The molecule has 20 heavy (non-hydrogen) atoms. The van der Waals surface area contributed by atoms with Crippen molar-refractivity contribution < 1.29 is 14.3 Å². The Morgan fingerprint density at radius 1 is 1.40 bits per heavy atom. The highest BCUT2D eigenvalue weighted by molar-refractivity contribution is 5.87. The number of esters is 1. The second-order valence-electron chi connectivity index (χ2n) is 3.79. The molecule has 2 aromatic heterocycles. The van der Waals surface area contributed by atoms with Gasteiger partial charge in [0.2, 0.25) is 0 Å². The van der Waals surface area contributed by atoms with Gasteiger partial charge in [-0.05, 0) is 6.92 Å². The smallest absolute Gasteiger partial charge is 0.358 e. The highest BCUT2D eigenvalue weighted by Crippen LogP contribution is 2.13. The van der Waals surface area contributed by atoms with Crippen molar-refractivity contribution in [2.75, 3.05) is 13.7 Å². The predicted octanol–water partition coefficient (Wildman–Crippen LogP) is 1.02. The Morgan fingerprint density at radius 2 is 2.20 bits per heavy atom. The van der Waals surface area contributed by atoms with E-state index in [1.54, 1.807) is 0 Å². The van der Waals surface area contributed by atoms with Gasteiger partial charge in [-0.1, -0.05) is 0 Å². The lowest BCUT2D eigenvalue weighted by atomic mass is 10.2. The molecule has 0 amide bonds. The molecule has 7 heteroatoms. The molecule has 0 bridgehead atoms. The van der Waals surface area contributed by atoms with Crippen LogP contribution in [0.2, 0.25) is 0 Å². The summed E-state index contributed by atoms with van der Waals surface area (Å²) < 4.78 is 9.75. The molecule has 0 radical (unpaired) electrons. The van der Waals surface area contributed by atoms with Gasteiger partial charge in [0.25, 0.3) is 0 Å². The molecule has 0 spiro atoms. The maximum Gasteiger partial charge on any atom is 0.358 e. The van der Waals surface area contributed by atoms with Crippen molar-refractivity contribution in [1.82, 2.24) is 15.0 Å². The molecule has 0 atom stereocenters. The van der Waals surface area contributed by atoms with Gasteiger partial charge < -0.3 is 14.5 Å². The van der Waals surface area contributed by atoms with Gasteiger partial charge in [-0.3, -0.25) is 9.78 Å². The Morgan fingerprint density at radius 3 is 2.85 bits per heavy atom. The van der Waals surface area contributed by atoms with Crippen LogP contribution in [-0.2, 0) is 4.74 Å². The Hall–Kier alpha value is -2.70. The molecule has 0 aliphatic rings. The number of nitrogens with zero attached hydrogens (tertiary/aromatic N) is 2. The SMILES string of the molecule is CCOc1cc(=O)c(-c2cncc(C(=O)OC)n2)c[nH]1. The fourth-order valence-corrected chi connectivity index (χ4v) is 1.59. The highest BCUT2D eigenvalue weighted by Gasteiger charge is 2.12. The van der Waals surface area contributed by atoms with E-state index in [1.165, 1.54) is 31.8 Å². The lowest BCUT2D eigenvalue weighted by molar-refractivity contribution is 0.0593. The third-order valence-corrected chi connectivity index (χ3v) is 2.49. The molecule has 0 aliphatic heterocycles. The first-order valence-corrected chi connectivity index (χ1v) is 5.92. The van der Waals surface area contributed by atoms with E-state index in [4.69, 9.17) is 4.74 Å². The second-order valence-corrected chi connectivity index (χ2v) is 3.79. The van der Waals surface area contributed by atoms with Gasteiger partial charge in [-0.2, -0.15) is 0 Å². The molecule has 0 aliphatic carbocycles. The van der Waals surface area contributed by atoms with Gasteiger partial charge in [-0.15, -0.1) is 0 Å². The number of rotatable bonds is 4. The van der Waals surface area contributed by atoms with E-state index < -0.39 is 5.97 Å². The molecule has 0 unspecified atom stereocenters. The molecule has 0 aromatic carbocycles. The summed E-state index contributed by atoms with van der Waals surface area (Å²) >= 11 is 0. The predicted molar refractivity (Wildman–Crippen MR) is 70.6 cm³/mol. The zero-order valence-corrected chi connectivity index (χ0v) is 11.0. The summed E-state index contributed by atoms with van der Waals surface area (Å²) in [6.07, 6.45) is 4.15. The Bertz CT molecular complexity index is 681. The van der Waals surface area contributed by atoms with Gasteiger partial charge in [-0.25, -0.2) is 9.78 Å². The van der Waals surface area contributed by atoms with Crippen LogP contribution < -0.4 is 10.2 Å². The molecule has 104 valence electrons. The molecule has 7 nitrogen and oxygen atoms in total. The third kappa shape index (κ3) is 2.82. The second kappa shape index (κ2) is 5.96. The zero-order chi connectivity index (χ0) is 14.5. The third-order valence-electron chi connectivity index (χ3n) is 2.49. The molecular formula is C13H13N3O4. The quantitative estimate of drug-likeness (QED) is 0.837. The van der Waals surface area contributed by atoms with Crippen LogP contribution in [0, 0.1) is 0 Å². The summed E-state index contributed by atoms with van der Waals surface area (Å²) in [5.41, 5.74) is 0.353. The van der Waals surface area contributed by atoms with E-state index in [1.807, 2.05) is 6.92 Å². The van der Waals surface area contributed by atoms with Gasteiger partial charge in [0.05, 0.1) is 37.4 Å². The van der Waals surface area contributed by atoms with Crippen LogP contribution in [0.3, 0.4) is 0 Å². The monoisotopic (exact) mass is 275 g/mol. The van der Waals surface area contributed by atoms with E-state index in [9.17, 15) is 9.59 Å². The first kappa shape index (κ1) is 13.7. The summed E-state index contributed by atoms with van der Waals surface area (Å²) in [7, 11) is 1.25. The Balaban J connectivity index is 2.41. The molecule has 2 rings (SSSR count). The number of pyridine rings is 1. The van der Waals surface area contributed by atoms with Crippen LogP contribution in [0.15, 0.2) is 29.5 Å². The van der Waals surface area contributed by atoms with Crippen molar-refractivity contribution in [2.45, 2.75) is 6.92 Å². The Kier molecular flexibility index (Phi) is 4.09. The van der Waals surface area contributed by atoms with Gasteiger partial charge in [0.15, 0.2) is 17.0 Å². The van der Waals surface area contributed by atoms with Crippen LogP contribution in [0.25, 0.3) is 11.3 Å². The van der Waals surface area contributed by atoms with Crippen molar-refractivity contribution in [3.8, 4) is 17.1 Å². The highest BCUT2D eigenvalue weighted by atomic mass is 16.5. The summed E-state index contributed by atoms with van der Waals surface area (Å²) in [6, 6.07) is 1.32. The fourth-order valence-electron chi connectivity index (χ4n) is 1.59. The van der Waals surface area contributed by atoms with E-state index in [0.29, 0.717) is 18.1 Å². The molecule has 1 N–H and O–H groups in total. The summed E-state index contributed by atoms with van der Waals surface area (Å²) in [6.45, 7) is 2.27. The number of carbonyl (C=O) groups is 1. The zero-order valence-electron chi connectivity index (χ0n) is 11.0.